The summed E-state index contributed by atoms with van der Waals surface area (Å²) < 4.78 is 0. The highest BCUT2D eigenvalue weighted by Crippen LogP contribution is 2.25. The zero-order chi connectivity index (χ0) is 15.6. The lowest BCUT2D eigenvalue weighted by atomic mass is 10.1. The van der Waals surface area contributed by atoms with Gasteiger partial charge in [0.2, 0.25) is 0 Å². The van der Waals surface area contributed by atoms with E-state index in [-0.39, 0.29) is 11.6 Å². The number of hydrogen-bond donors (Lipinski definition) is 1. The number of rotatable bonds is 4. The second-order valence-corrected chi connectivity index (χ2v) is 5.44. The summed E-state index contributed by atoms with van der Waals surface area (Å²) in [7, 11) is 1.90. The van der Waals surface area contributed by atoms with Crippen LogP contribution in [0.2, 0.25) is 5.02 Å². The van der Waals surface area contributed by atoms with Crippen molar-refractivity contribution in [1.29, 1.82) is 0 Å². The average Bonchev–Trinajstić information content (AvgIpc) is 2.45. The Hall–Kier alpha value is -2.07. The van der Waals surface area contributed by atoms with E-state index in [4.69, 9.17) is 16.7 Å². The monoisotopic (exact) mass is 304 g/mol. The standard InChI is InChI=1S/C16H17ClN2O2/c1-10-8-13(16(20)21)9-15(18-10)19(3)11(2)12-4-6-14(17)7-5-12/h4-9,11H,1-3H3,(H,20,21). The summed E-state index contributed by atoms with van der Waals surface area (Å²) in [5.74, 6) is -0.316. The van der Waals surface area contributed by atoms with Crippen molar-refractivity contribution in [2.24, 2.45) is 0 Å². The first-order chi connectivity index (χ1) is 9.88. The van der Waals surface area contributed by atoms with Crippen molar-refractivity contribution in [2.45, 2.75) is 19.9 Å². The van der Waals surface area contributed by atoms with Crippen LogP contribution in [0, 0.1) is 6.92 Å². The highest BCUT2D eigenvalue weighted by Gasteiger charge is 2.16. The lowest BCUT2D eigenvalue weighted by Crippen LogP contribution is -2.23. The van der Waals surface area contributed by atoms with Crippen molar-refractivity contribution < 1.29 is 9.90 Å². The molecule has 4 nitrogen and oxygen atoms in total. The highest BCUT2D eigenvalue weighted by molar-refractivity contribution is 6.30. The van der Waals surface area contributed by atoms with Gasteiger partial charge in [-0.1, -0.05) is 23.7 Å². The van der Waals surface area contributed by atoms with Gasteiger partial charge in [-0.15, -0.1) is 0 Å². The summed E-state index contributed by atoms with van der Waals surface area (Å²) in [5.41, 5.74) is 2.01. The number of benzene rings is 1. The van der Waals surface area contributed by atoms with Crippen molar-refractivity contribution in [1.82, 2.24) is 4.98 Å². The third kappa shape index (κ3) is 3.52. The van der Waals surface area contributed by atoms with Crippen LogP contribution in [-0.2, 0) is 0 Å². The van der Waals surface area contributed by atoms with Gasteiger partial charge in [0.1, 0.15) is 5.82 Å². The van der Waals surface area contributed by atoms with Crippen LogP contribution in [-0.4, -0.2) is 23.1 Å². The van der Waals surface area contributed by atoms with Crippen LogP contribution in [0.1, 0.15) is 34.6 Å². The van der Waals surface area contributed by atoms with Gasteiger partial charge in [0.25, 0.3) is 0 Å². The molecule has 0 aliphatic carbocycles. The second-order valence-electron chi connectivity index (χ2n) is 5.00. The van der Waals surface area contributed by atoms with Crippen molar-refractivity contribution in [3.8, 4) is 0 Å². The molecule has 1 aromatic carbocycles. The first-order valence-electron chi connectivity index (χ1n) is 6.59. The van der Waals surface area contributed by atoms with Crippen LogP contribution in [0.3, 0.4) is 0 Å². The van der Waals surface area contributed by atoms with E-state index in [0.29, 0.717) is 16.5 Å². The molecule has 0 bridgehead atoms. The number of carboxylic acid groups (broad SMARTS) is 1. The van der Waals surface area contributed by atoms with Gasteiger partial charge in [-0.3, -0.25) is 0 Å². The predicted octanol–water partition coefficient (Wildman–Crippen LogP) is 3.94. The number of aromatic nitrogens is 1. The van der Waals surface area contributed by atoms with Gasteiger partial charge in [-0.2, -0.15) is 0 Å². The van der Waals surface area contributed by atoms with E-state index in [2.05, 4.69) is 4.98 Å². The minimum absolute atomic E-state index is 0.0539. The number of carbonyl (C=O) groups is 1. The molecule has 2 aromatic rings. The SMILES string of the molecule is Cc1cc(C(=O)O)cc(N(C)C(C)c2ccc(Cl)cc2)n1. The molecule has 1 aromatic heterocycles. The molecule has 0 saturated carbocycles. The molecule has 2 rings (SSSR count). The van der Waals surface area contributed by atoms with Gasteiger partial charge in [0.15, 0.2) is 0 Å². The zero-order valence-electron chi connectivity index (χ0n) is 12.2. The molecule has 21 heavy (non-hydrogen) atoms. The Morgan fingerprint density at radius 1 is 1.29 bits per heavy atom. The van der Waals surface area contributed by atoms with E-state index >= 15 is 0 Å². The third-order valence-electron chi connectivity index (χ3n) is 3.48. The number of halogens is 1. The molecule has 1 atom stereocenters. The largest absolute Gasteiger partial charge is 0.478 e. The van der Waals surface area contributed by atoms with Crippen molar-refractivity contribution >= 4 is 23.4 Å². The van der Waals surface area contributed by atoms with Gasteiger partial charge in [0.05, 0.1) is 11.6 Å². The van der Waals surface area contributed by atoms with Crippen LogP contribution >= 0.6 is 11.6 Å². The van der Waals surface area contributed by atoms with Gasteiger partial charge < -0.3 is 10.0 Å². The van der Waals surface area contributed by atoms with Gasteiger partial charge in [-0.05, 0) is 43.7 Å². The molecular formula is C16H17ClN2O2. The van der Waals surface area contributed by atoms with Crippen molar-refractivity contribution in [3.05, 3.63) is 58.2 Å². The first kappa shape index (κ1) is 15.3. The number of hydrogen-bond acceptors (Lipinski definition) is 3. The molecule has 1 unspecified atom stereocenters. The number of pyridine rings is 1. The van der Waals surface area contributed by atoms with Crippen LogP contribution < -0.4 is 4.90 Å². The van der Waals surface area contributed by atoms with Crippen molar-refractivity contribution in [3.63, 3.8) is 0 Å². The van der Waals surface area contributed by atoms with E-state index in [0.717, 1.165) is 5.56 Å². The molecule has 0 saturated heterocycles. The number of aryl methyl sites for hydroxylation is 1. The molecule has 1 heterocycles. The molecule has 5 heteroatoms. The molecule has 110 valence electrons. The topological polar surface area (TPSA) is 53.4 Å². The lowest BCUT2D eigenvalue weighted by Gasteiger charge is -2.27. The summed E-state index contributed by atoms with van der Waals surface area (Å²) in [5, 5.41) is 9.83. The molecule has 1 N–H and O–H groups in total. The summed E-state index contributed by atoms with van der Waals surface area (Å²) in [4.78, 5) is 17.5. The quantitative estimate of drug-likeness (QED) is 0.929. The zero-order valence-corrected chi connectivity index (χ0v) is 12.9. The highest BCUT2D eigenvalue weighted by atomic mass is 35.5. The maximum absolute atomic E-state index is 11.1. The second kappa shape index (κ2) is 6.14. The molecule has 0 spiro atoms. The van der Waals surface area contributed by atoms with Crippen LogP contribution in [0.5, 0.6) is 0 Å². The maximum atomic E-state index is 11.1. The Morgan fingerprint density at radius 2 is 1.90 bits per heavy atom. The molecule has 0 aliphatic rings. The minimum atomic E-state index is -0.950. The summed E-state index contributed by atoms with van der Waals surface area (Å²) >= 11 is 5.90. The third-order valence-corrected chi connectivity index (χ3v) is 3.73. The fraction of sp³-hybridized carbons (Fsp3) is 0.250. The van der Waals surface area contributed by atoms with E-state index in [1.165, 1.54) is 0 Å². The lowest BCUT2D eigenvalue weighted by molar-refractivity contribution is 0.0696. The fourth-order valence-corrected chi connectivity index (χ4v) is 2.24. The Kier molecular flexibility index (Phi) is 4.48. The number of nitrogens with zero attached hydrogens (tertiary/aromatic N) is 2. The maximum Gasteiger partial charge on any atom is 0.335 e. The molecule has 0 radical (unpaired) electrons. The van der Waals surface area contributed by atoms with Gasteiger partial charge in [0, 0.05) is 17.8 Å². The van der Waals surface area contributed by atoms with Crippen molar-refractivity contribution in [2.75, 3.05) is 11.9 Å². The van der Waals surface area contributed by atoms with E-state index in [1.54, 1.807) is 19.1 Å². The van der Waals surface area contributed by atoms with E-state index < -0.39 is 5.97 Å². The molecule has 0 amide bonds. The van der Waals surface area contributed by atoms with Crippen LogP contribution in [0.25, 0.3) is 0 Å². The van der Waals surface area contributed by atoms with Crippen LogP contribution in [0.15, 0.2) is 36.4 Å². The van der Waals surface area contributed by atoms with Gasteiger partial charge >= 0.3 is 5.97 Å². The molecular weight excluding hydrogens is 288 g/mol. The Labute approximate surface area is 129 Å². The summed E-state index contributed by atoms with van der Waals surface area (Å²) in [6.45, 7) is 3.82. The number of carboxylic acids is 1. The van der Waals surface area contributed by atoms with Crippen LogP contribution in [0.4, 0.5) is 5.82 Å². The summed E-state index contributed by atoms with van der Waals surface area (Å²) in [6, 6.07) is 10.8. The normalized spacial score (nSPS) is 12.0. The Morgan fingerprint density at radius 3 is 2.48 bits per heavy atom. The fourth-order valence-electron chi connectivity index (χ4n) is 2.12. The predicted molar refractivity (Wildman–Crippen MR) is 84.2 cm³/mol. The molecule has 0 fully saturated rings. The summed E-state index contributed by atoms with van der Waals surface area (Å²) in [6.07, 6.45) is 0. The van der Waals surface area contributed by atoms with E-state index in [1.807, 2.05) is 43.1 Å². The minimum Gasteiger partial charge on any atom is -0.478 e. The Balaban J connectivity index is 2.32. The number of anilines is 1. The molecule has 0 aliphatic heterocycles. The first-order valence-corrected chi connectivity index (χ1v) is 6.96. The number of aromatic carboxylic acids is 1. The smallest absolute Gasteiger partial charge is 0.335 e. The average molecular weight is 305 g/mol. The Bertz CT molecular complexity index is 656. The van der Waals surface area contributed by atoms with E-state index in [9.17, 15) is 4.79 Å². The van der Waals surface area contributed by atoms with Gasteiger partial charge in [-0.25, -0.2) is 9.78 Å².